The van der Waals surface area contributed by atoms with Crippen LogP contribution in [0.2, 0.25) is 0 Å². The van der Waals surface area contributed by atoms with E-state index in [9.17, 15) is 29.1 Å². The van der Waals surface area contributed by atoms with Gasteiger partial charge in [-0.3, -0.25) is 14.4 Å². The van der Waals surface area contributed by atoms with Crippen molar-refractivity contribution >= 4 is 87.1 Å². The molecule has 2 aromatic rings. The minimum atomic E-state index is -1.39. The van der Waals surface area contributed by atoms with E-state index in [1.54, 1.807) is 20.8 Å². The summed E-state index contributed by atoms with van der Waals surface area (Å²) >= 11 is 4.35. The van der Waals surface area contributed by atoms with E-state index in [0.29, 0.717) is 9.35 Å². The Morgan fingerprint density at radius 2 is 2.00 bits per heavy atom. The number of anilines is 1. The van der Waals surface area contributed by atoms with Crippen molar-refractivity contribution in [1.82, 2.24) is 35.1 Å². The van der Waals surface area contributed by atoms with Gasteiger partial charge in [0.05, 0.1) is 6.54 Å². The highest BCUT2D eigenvalue weighted by Crippen LogP contribution is 2.44. The van der Waals surface area contributed by atoms with Gasteiger partial charge in [0, 0.05) is 29.6 Å². The molecular weight excluding hydrogens is 675 g/mol. The van der Waals surface area contributed by atoms with Crippen LogP contribution >= 0.6 is 46.4 Å². The first-order chi connectivity index (χ1) is 21.1. The molecule has 4 heterocycles. The third kappa shape index (κ3) is 8.29. The minimum absolute atomic E-state index is 0.0237. The van der Waals surface area contributed by atoms with Crippen molar-refractivity contribution in [1.29, 1.82) is 0 Å². The maximum absolute atomic E-state index is 13.1. The van der Waals surface area contributed by atoms with Crippen LogP contribution in [-0.4, -0.2) is 111 Å². The Hall–Kier alpha value is -3.76. The number of hydrogen-bond donors (Lipinski definition) is 5. The first-order valence-corrected chi connectivity index (χ1v) is 16.7. The highest BCUT2D eigenvalue weighted by atomic mass is 32.2. The van der Waals surface area contributed by atoms with Gasteiger partial charge in [-0.15, -0.1) is 22.0 Å². The van der Waals surface area contributed by atoms with E-state index in [4.69, 9.17) is 20.4 Å². The monoisotopic (exact) mass is 703 g/mol. The number of alkyl carbamates (subject to hydrolysis) is 1. The number of fused-ring (bicyclic) bond motifs is 1. The van der Waals surface area contributed by atoms with Crippen molar-refractivity contribution < 1.29 is 43.8 Å². The number of amides is 3. The van der Waals surface area contributed by atoms with E-state index in [-0.39, 0.29) is 35.6 Å². The van der Waals surface area contributed by atoms with Crippen LogP contribution in [0, 0.1) is 5.41 Å². The van der Waals surface area contributed by atoms with Crippen LogP contribution in [0.3, 0.4) is 0 Å². The first kappa shape index (κ1) is 34.1. The summed E-state index contributed by atoms with van der Waals surface area (Å²) in [6.07, 6.45) is -1.99. The second-order valence-corrected chi connectivity index (χ2v) is 15.0. The number of β-lactam (4-membered cyclic amide) rings is 1. The molecule has 18 nitrogen and oxygen atoms in total. The van der Waals surface area contributed by atoms with Crippen LogP contribution in [-0.2, 0) is 35.3 Å². The van der Waals surface area contributed by atoms with Crippen LogP contribution in [0.25, 0.3) is 0 Å². The van der Waals surface area contributed by atoms with E-state index >= 15 is 0 Å². The number of rotatable bonds is 12. The lowest BCUT2D eigenvalue weighted by molar-refractivity contribution is -0.157. The molecule has 3 unspecified atom stereocenters. The molecule has 0 aromatic carbocycles. The maximum atomic E-state index is 13.1. The van der Waals surface area contributed by atoms with Gasteiger partial charge in [-0.25, -0.2) is 9.59 Å². The normalized spacial score (nSPS) is 22.1. The average molecular weight is 704 g/mol. The van der Waals surface area contributed by atoms with Gasteiger partial charge in [0.15, 0.2) is 9.47 Å². The Bertz CT molecular complexity index is 1510. The standard InChI is InChI=1S/C23H29N9O9S4/c1-9(17(35)36)41-30-11(13-27-19(24)45-31-13)14(33)26-12-15(34)32-6-23(18(37)38,7-42-16(12)32)8-43-21-29-28-10(44-21)5-25-20(39)40-22(2,3)4/h9,12,16H,5-8H2,1-4H3,(H,25,39)(H,26,33)(H,35,36)(H,37,38)(H2,24,27,31)/t9?,12?,16-,23?/m1/s1. The highest BCUT2D eigenvalue weighted by Gasteiger charge is 2.57. The molecule has 0 spiro atoms. The predicted octanol–water partition coefficient (Wildman–Crippen LogP) is 0.454. The molecule has 244 valence electrons. The van der Waals surface area contributed by atoms with Crippen molar-refractivity contribution in [2.24, 2.45) is 10.6 Å². The van der Waals surface area contributed by atoms with Crippen molar-refractivity contribution in [3.63, 3.8) is 0 Å². The summed E-state index contributed by atoms with van der Waals surface area (Å²) in [5.74, 6) is -3.82. The zero-order chi connectivity index (χ0) is 33.1. The molecule has 0 radical (unpaired) electrons. The number of ether oxygens (including phenoxy) is 1. The van der Waals surface area contributed by atoms with Crippen molar-refractivity contribution in [2.75, 3.05) is 23.8 Å². The number of nitrogen functional groups attached to an aromatic ring is 1. The molecule has 0 bridgehead atoms. The third-order valence-electron chi connectivity index (χ3n) is 6.11. The van der Waals surface area contributed by atoms with Gasteiger partial charge in [0.25, 0.3) is 5.91 Å². The van der Waals surface area contributed by atoms with E-state index in [1.165, 1.54) is 46.7 Å². The van der Waals surface area contributed by atoms with E-state index < -0.39 is 64.1 Å². The van der Waals surface area contributed by atoms with Crippen LogP contribution in [0.4, 0.5) is 9.93 Å². The molecule has 2 saturated heterocycles. The second kappa shape index (κ2) is 13.7. The molecule has 2 aliphatic heterocycles. The summed E-state index contributed by atoms with van der Waals surface area (Å²) in [6.45, 7) is 6.42. The van der Waals surface area contributed by atoms with E-state index in [0.717, 1.165) is 11.5 Å². The molecule has 3 amide bonds. The fourth-order valence-corrected chi connectivity index (χ4v) is 7.97. The maximum Gasteiger partial charge on any atom is 0.408 e. The molecule has 45 heavy (non-hydrogen) atoms. The van der Waals surface area contributed by atoms with Gasteiger partial charge in [0.1, 0.15) is 27.4 Å². The molecule has 2 aliphatic rings. The molecule has 4 rings (SSSR count). The summed E-state index contributed by atoms with van der Waals surface area (Å²) < 4.78 is 9.60. The number of aliphatic carboxylic acids is 2. The Labute approximate surface area is 272 Å². The number of oxime groups is 1. The summed E-state index contributed by atoms with van der Waals surface area (Å²) in [6, 6.07) is -1.01. The van der Waals surface area contributed by atoms with Gasteiger partial charge in [-0.1, -0.05) is 28.3 Å². The van der Waals surface area contributed by atoms with Crippen molar-refractivity contribution in [3.8, 4) is 0 Å². The quantitative estimate of drug-likeness (QED) is 0.0870. The number of nitrogens with two attached hydrogens (primary N) is 1. The van der Waals surface area contributed by atoms with Crippen molar-refractivity contribution in [3.05, 3.63) is 10.8 Å². The van der Waals surface area contributed by atoms with Gasteiger partial charge >= 0.3 is 18.0 Å². The third-order valence-corrected chi connectivity index (χ3v) is 10.6. The van der Waals surface area contributed by atoms with Gasteiger partial charge in [0.2, 0.25) is 23.5 Å². The molecule has 2 aromatic heterocycles. The van der Waals surface area contributed by atoms with E-state index in [1.807, 2.05) is 0 Å². The van der Waals surface area contributed by atoms with Gasteiger partial charge < -0.3 is 41.1 Å². The molecule has 6 N–H and O–H groups in total. The molecule has 0 saturated carbocycles. The zero-order valence-electron chi connectivity index (χ0n) is 24.2. The fraction of sp³-hybridized carbons (Fsp3) is 0.565. The Balaban J connectivity index is 1.36. The summed E-state index contributed by atoms with van der Waals surface area (Å²) in [7, 11) is 0. The number of nitrogens with zero attached hydrogens (tertiary/aromatic N) is 6. The van der Waals surface area contributed by atoms with Gasteiger partial charge in [-0.2, -0.15) is 9.36 Å². The topological polar surface area (TPSA) is 262 Å². The predicted molar refractivity (Wildman–Crippen MR) is 163 cm³/mol. The Kier molecular flexibility index (Phi) is 10.4. The Morgan fingerprint density at radius 3 is 2.62 bits per heavy atom. The number of carboxylic acid groups (broad SMARTS) is 2. The molecule has 4 atom stereocenters. The zero-order valence-corrected chi connectivity index (χ0v) is 27.5. The van der Waals surface area contributed by atoms with E-state index in [2.05, 4.69) is 35.3 Å². The van der Waals surface area contributed by atoms with Crippen LogP contribution in [0.5, 0.6) is 0 Å². The van der Waals surface area contributed by atoms with Crippen LogP contribution in [0.1, 0.15) is 38.5 Å². The SMILES string of the molecule is CC(ON=C(C(=O)NC1C(=O)N2CC(CSc3nnc(CNC(=O)OC(C)(C)C)s3)(C(=O)O)CS[C@H]12)c1nsc(N)n1)C(=O)O. The molecule has 22 heteroatoms. The smallest absolute Gasteiger partial charge is 0.408 e. The number of carbonyl (C=O) groups is 5. The lowest BCUT2D eigenvalue weighted by Gasteiger charge is -2.53. The first-order valence-electron chi connectivity index (χ1n) is 13.0. The lowest BCUT2D eigenvalue weighted by Crippen LogP contribution is -2.74. The Morgan fingerprint density at radius 1 is 1.27 bits per heavy atom. The summed E-state index contributed by atoms with van der Waals surface area (Å²) in [4.78, 5) is 71.8. The van der Waals surface area contributed by atoms with Crippen LogP contribution < -0.4 is 16.4 Å². The number of carbonyl (C=O) groups excluding carboxylic acids is 3. The summed E-state index contributed by atoms with van der Waals surface area (Å²) in [5, 5.41) is 36.0. The number of nitrogens with one attached hydrogen (secondary N) is 2. The number of hydrogen-bond acceptors (Lipinski definition) is 17. The second-order valence-electron chi connectivity index (χ2n) is 10.8. The number of carboxylic acids is 2. The molecule has 0 aliphatic carbocycles. The molecular formula is C23H29N9O9S4. The van der Waals surface area contributed by atoms with Crippen molar-refractivity contribution in [2.45, 2.75) is 61.7 Å². The fourth-order valence-electron chi connectivity index (χ4n) is 3.84. The minimum Gasteiger partial charge on any atom is -0.481 e. The average Bonchev–Trinajstić information content (AvgIpc) is 3.61. The molecule has 2 fully saturated rings. The largest absolute Gasteiger partial charge is 0.481 e. The lowest BCUT2D eigenvalue weighted by atomic mass is 9.89. The van der Waals surface area contributed by atoms with Crippen LogP contribution in [0.15, 0.2) is 9.50 Å². The number of thioether (sulfide) groups is 2. The van der Waals surface area contributed by atoms with Gasteiger partial charge in [-0.05, 0) is 27.7 Å². The summed E-state index contributed by atoms with van der Waals surface area (Å²) in [5.41, 5.74) is 3.17. The number of aromatic nitrogens is 4. The highest BCUT2D eigenvalue weighted by molar-refractivity contribution is 8.01.